The summed E-state index contributed by atoms with van der Waals surface area (Å²) in [5, 5.41) is 19.2. The highest BCUT2D eigenvalue weighted by atomic mass is 15.6. The monoisotopic (exact) mass is 283 g/mol. The number of fused-ring (bicyclic) bond motifs is 2. The van der Waals surface area contributed by atoms with E-state index < -0.39 is 0 Å². The molecule has 0 saturated carbocycles. The molecule has 0 bridgehead atoms. The Bertz CT molecular complexity index is 801. The van der Waals surface area contributed by atoms with Crippen LogP contribution in [-0.2, 0) is 13.5 Å². The zero-order chi connectivity index (χ0) is 14.4. The van der Waals surface area contributed by atoms with E-state index in [0.717, 1.165) is 18.7 Å². The third-order valence-electron chi connectivity index (χ3n) is 4.30. The fraction of sp³-hybridized carbons (Fsp3) is 0.429. The molecule has 7 nitrogen and oxygen atoms in total. The van der Waals surface area contributed by atoms with Crippen LogP contribution in [0.25, 0.3) is 5.65 Å². The van der Waals surface area contributed by atoms with Gasteiger partial charge in [-0.25, -0.2) is 0 Å². The molecule has 0 spiro atoms. The smallest absolute Gasteiger partial charge is 0.200 e. The van der Waals surface area contributed by atoms with Gasteiger partial charge in [-0.05, 0) is 60.4 Å². The number of nitrogens with zero attached hydrogens (tertiary/aromatic N) is 6. The first kappa shape index (κ1) is 12.3. The SMILES string of the molecule is Cc1cc2c(n1C)CCCC2Nc1ccc2nnnn2n1. The lowest BCUT2D eigenvalue weighted by Gasteiger charge is -2.25. The number of aryl methyl sites for hydroxylation is 1. The standard InChI is InChI=1S/C14H17N7/c1-9-8-10-11(4-3-5-12(10)20(9)2)15-13-6-7-14-16-18-19-21(14)17-13/h6-8,11H,3-5H2,1-2H3,(H,15,17). The predicted octanol–water partition coefficient (Wildman–Crippen LogP) is 1.66. The summed E-state index contributed by atoms with van der Waals surface area (Å²) in [6.45, 7) is 2.15. The maximum Gasteiger partial charge on any atom is 0.200 e. The lowest BCUT2D eigenvalue weighted by molar-refractivity contribution is 0.575. The molecule has 0 saturated heterocycles. The van der Waals surface area contributed by atoms with Gasteiger partial charge in [-0.3, -0.25) is 0 Å². The first-order valence-electron chi connectivity index (χ1n) is 7.19. The van der Waals surface area contributed by atoms with Crippen molar-refractivity contribution in [2.75, 3.05) is 5.32 Å². The topological polar surface area (TPSA) is 72.9 Å². The molecule has 3 aromatic rings. The number of aromatic nitrogens is 6. The zero-order valence-corrected chi connectivity index (χ0v) is 12.1. The summed E-state index contributed by atoms with van der Waals surface area (Å²) in [7, 11) is 2.14. The summed E-state index contributed by atoms with van der Waals surface area (Å²) >= 11 is 0. The van der Waals surface area contributed by atoms with Crippen molar-refractivity contribution in [2.24, 2.45) is 7.05 Å². The summed E-state index contributed by atoms with van der Waals surface area (Å²) < 4.78 is 3.74. The van der Waals surface area contributed by atoms with Crippen molar-refractivity contribution in [3.63, 3.8) is 0 Å². The predicted molar refractivity (Wildman–Crippen MR) is 78.0 cm³/mol. The Morgan fingerprint density at radius 2 is 2.24 bits per heavy atom. The van der Waals surface area contributed by atoms with Crippen molar-refractivity contribution in [1.82, 2.24) is 29.8 Å². The lowest BCUT2D eigenvalue weighted by atomic mass is 9.93. The Labute approximate surface area is 122 Å². The van der Waals surface area contributed by atoms with Crippen LogP contribution in [0.4, 0.5) is 5.82 Å². The molecule has 21 heavy (non-hydrogen) atoms. The maximum atomic E-state index is 4.39. The van der Waals surface area contributed by atoms with Gasteiger partial charge in [-0.15, -0.1) is 14.8 Å². The minimum Gasteiger partial charge on any atom is -0.362 e. The normalized spacial score (nSPS) is 17.9. The fourth-order valence-electron chi connectivity index (χ4n) is 3.11. The van der Waals surface area contributed by atoms with Crippen molar-refractivity contribution in [3.8, 4) is 0 Å². The van der Waals surface area contributed by atoms with Crippen LogP contribution in [0.5, 0.6) is 0 Å². The van der Waals surface area contributed by atoms with Gasteiger partial charge in [-0.2, -0.15) is 0 Å². The van der Waals surface area contributed by atoms with E-state index in [1.165, 1.54) is 28.0 Å². The zero-order valence-electron chi connectivity index (χ0n) is 12.1. The van der Waals surface area contributed by atoms with Crippen LogP contribution in [0.15, 0.2) is 18.2 Å². The minimum absolute atomic E-state index is 0.301. The van der Waals surface area contributed by atoms with Crippen molar-refractivity contribution in [1.29, 1.82) is 0 Å². The van der Waals surface area contributed by atoms with Gasteiger partial charge in [-0.1, -0.05) is 0 Å². The molecule has 7 heteroatoms. The van der Waals surface area contributed by atoms with Crippen molar-refractivity contribution < 1.29 is 0 Å². The first-order valence-corrected chi connectivity index (χ1v) is 7.19. The Hall–Kier alpha value is -2.44. The molecule has 3 aromatic heterocycles. The van der Waals surface area contributed by atoms with E-state index in [-0.39, 0.29) is 0 Å². The van der Waals surface area contributed by atoms with Crippen LogP contribution in [0.1, 0.15) is 35.8 Å². The molecule has 1 aliphatic rings. The van der Waals surface area contributed by atoms with Gasteiger partial charge in [0.25, 0.3) is 0 Å². The molecule has 1 unspecified atom stereocenters. The fourth-order valence-corrected chi connectivity index (χ4v) is 3.11. The van der Waals surface area contributed by atoms with Crippen LogP contribution < -0.4 is 5.32 Å². The Morgan fingerprint density at radius 3 is 3.14 bits per heavy atom. The van der Waals surface area contributed by atoms with Gasteiger partial charge in [0.1, 0.15) is 5.82 Å². The lowest BCUT2D eigenvalue weighted by Crippen LogP contribution is -2.18. The average Bonchev–Trinajstić information content (AvgIpc) is 3.06. The van der Waals surface area contributed by atoms with Gasteiger partial charge >= 0.3 is 0 Å². The molecule has 0 fully saturated rings. The molecule has 0 amide bonds. The Balaban J connectivity index is 1.67. The summed E-state index contributed by atoms with van der Waals surface area (Å²) in [6, 6.07) is 6.38. The maximum absolute atomic E-state index is 4.39. The van der Waals surface area contributed by atoms with Gasteiger partial charge in [0.15, 0.2) is 5.65 Å². The molecule has 0 aromatic carbocycles. The summed E-state index contributed by atoms with van der Waals surface area (Å²) in [4.78, 5) is 0. The highest BCUT2D eigenvalue weighted by molar-refractivity contribution is 5.45. The Kier molecular flexibility index (Phi) is 2.66. The van der Waals surface area contributed by atoms with Crippen LogP contribution in [0.2, 0.25) is 0 Å². The second-order valence-corrected chi connectivity index (χ2v) is 5.58. The molecule has 0 radical (unpaired) electrons. The molecule has 1 aliphatic carbocycles. The van der Waals surface area contributed by atoms with E-state index in [4.69, 9.17) is 0 Å². The summed E-state index contributed by atoms with van der Waals surface area (Å²) in [5.41, 5.74) is 4.78. The number of hydrogen-bond donors (Lipinski definition) is 1. The Morgan fingerprint density at radius 1 is 1.33 bits per heavy atom. The van der Waals surface area contributed by atoms with E-state index in [2.05, 4.69) is 50.5 Å². The number of hydrogen-bond acceptors (Lipinski definition) is 5. The summed E-state index contributed by atoms with van der Waals surface area (Å²) in [5.74, 6) is 0.800. The largest absolute Gasteiger partial charge is 0.362 e. The van der Waals surface area contributed by atoms with Crippen LogP contribution >= 0.6 is 0 Å². The van der Waals surface area contributed by atoms with Crippen molar-refractivity contribution in [2.45, 2.75) is 32.2 Å². The first-order chi connectivity index (χ1) is 10.2. The molecule has 3 heterocycles. The average molecular weight is 283 g/mol. The highest BCUT2D eigenvalue weighted by Gasteiger charge is 2.24. The molecule has 1 N–H and O–H groups in total. The second kappa shape index (κ2) is 4.54. The van der Waals surface area contributed by atoms with E-state index >= 15 is 0 Å². The third-order valence-corrected chi connectivity index (χ3v) is 4.30. The molecule has 108 valence electrons. The number of rotatable bonds is 2. The van der Waals surface area contributed by atoms with Crippen LogP contribution in [0, 0.1) is 6.92 Å². The highest BCUT2D eigenvalue weighted by Crippen LogP contribution is 2.33. The van der Waals surface area contributed by atoms with E-state index in [9.17, 15) is 0 Å². The molecule has 0 aliphatic heterocycles. The third kappa shape index (κ3) is 1.96. The summed E-state index contributed by atoms with van der Waals surface area (Å²) in [6.07, 6.45) is 3.46. The number of nitrogens with one attached hydrogen (secondary N) is 1. The molecule has 4 rings (SSSR count). The molecular weight excluding hydrogens is 266 g/mol. The molecular formula is C14H17N7. The number of anilines is 1. The number of tetrazole rings is 1. The van der Waals surface area contributed by atoms with Gasteiger partial charge in [0.2, 0.25) is 0 Å². The van der Waals surface area contributed by atoms with Crippen LogP contribution in [-0.4, -0.2) is 29.8 Å². The van der Waals surface area contributed by atoms with E-state index in [1.54, 1.807) is 0 Å². The second-order valence-electron chi connectivity index (χ2n) is 5.58. The van der Waals surface area contributed by atoms with E-state index in [1.807, 2.05) is 12.1 Å². The molecule has 1 atom stereocenters. The van der Waals surface area contributed by atoms with Crippen molar-refractivity contribution in [3.05, 3.63) is 35.2 Å². The van der Waals surface area contributed by atoms with Gasteiger partial charge in [0.05, 0.1) is 6.04 Å². The van der Waals surface area contributed by atoms with Crippen molar-refractivity contribution >= 4 is 11.5 Å². The quantitative estimate of drug-likeness (QED) is 0.774. The minimum atomic E-state index is 0.301. The van der Waals surface area contributed by atoms with E-state index in [0.29, 0.717) is 11.7 Å². The van der Waals surface area contributed by atoms with Gasteiger partial charge < -0.3 is 9.88 Å². The van der Waals surface area contributed by atoms with Gasteiger partial charge in [0, 0.05) is 18.4 Å². The van der Waals surface area contributed by atoms with Crippen LogP contribution in [0.3, 0.4) is 0 Å².